The maximum atomic E-state index is 12.8. The molecule has 0 radical (unpaired) electrons. The molecule has 64 heavy (non-hydrogen) atoms. The van der Waals surface area contributed by atoms with Crippen molar-refractivity contribution in [3.8, 4) is 0 Å². The van der Waals surface area contributed by atoms with Gasteiger partial charge in [0.15, 0.2) is 6.10 Å². The zero-order valence-electron chi connectivity index (χ0n) is 39.8. The van der Waals surface area contributed by atoms with Gasteiger partial charge in [-0.05, 0) is 70.6 Å². The first-order chi connectivity index (χ1) is 30.9. The summed E-state index contributed by atoms with van der Waals surface area (Å²) in [5.41, 5.74) is 0. The van der Waals surface area contributed by atoms with Crippen LogP contribution in [0.25, 0.3) is 0 Å². The highest BCUT2D eigenvalue weighted by Gasteiger charge is 2.51. The van der Waals surface area contributed by atoms with E-state index in [0.29, 0.717) is 12.8 Å². The number of allylic oxidation sites excluding steroid dienone is 6. The second kappa shape index (κ2) is 40.2. The summed E-state index contributed by atoms with van der Waals surface area (Å²) in [6, 6.07) is 0. The van der Waals surface area contributed by atoms with Crippen molar-refractivity contribution in [3.05, 3.63) is 36.5 Å². The molecule has 0 spiro atoms. The van der Waals surface area contributed by atoms with Gasteiger partial charge in [0.2, 0.25) is 0 Å². The molecule has 13 nitrogen and oxygen atoms in total. The molecular weight excluding hydrogens is 840 g/mol. The molecule has 1 aliphatic rings. The third-order valence-corrected chi connectivity index (χ3v) is 12.7. The van der Waals surface area contributed by atoms with Crippen LogP contribution in [0.4, 0.5) is 0 Å². The maximum Gasteiger partial charge on any atom is 0.472 e. The van der Waals surface area contributed by atoms with Crippen LogP contribution in [0, 0.1) is 0 Å². The van der Waals surface area contributed by atoms with Crippen molar-refractivity contribution in [1.82, 2.24) is 0 Å². The van der Waals surface area contributed by atoms with E-state index in [0.717, 1.165) is 89.9 Å². The van der Waals surface area contributed by atoms with E-state index in [1.807, 2.05) is 0 Å². The van der Waals surface area contributed by atoms with Crippen LogP contribution < -0.4 is 0 Å². The molecule has 0 bridgehead atoms. The lowest BCUT2D eigenvalue weighted by Crippen LogP contribution is -2.64. The van der Waals surface area contributed by atoms with E-state index in [4.69, 9.17) is 18.5 Å². The molecule has 0 saturated heterocycles. The number of carbonyl (C=O) groups is 2. The summed E-state index contributed by atoms with van der Waals surface area (Å²) in [5.74, 6) is -1.11. The lowest BCUT2D eigenvalue weighted by Gasteiger charge is -2.41. The molecule has 6 unspecified atom stereocenters. The molecule has 0 amide bonds. The monoisotopic (exact) mass is 931 g/mol. The van der Waals surface area contributed by atoms with E-state index in [2.05, 4.69) is 50.3 Å². The second-order valence-corrected chi connectivity index (χ2v) is 19.1. The van der Waals surface area contributed by atoms with E-state index in [1.54, 1.807) is 0 Å². The van der Waals surface area contributed by atoms with Gasteiger partial charge in [-0.15, -0.1) is 0 Å². The minimum Gasteiger partial charge on any atom is -0.462 e. The zero-order chi connectivity index (χ0) is 47.1. The molecule has 0 aliphatic heterocycles. The summed E-state index contributed by atoms with van der Waals surface area (Å²) in [6.07, 6.45) is 33.3. The topological polar surface area (TPSA) is 210 Å². The van der Waals surface area contributed by atoms with Crippen molar-refractivity contribution < 1.29 is 63.1 Å². The zero-order valence-corrected chi connectivity index (χ0v) is 40.7. The smallest absolute Gasteiger partial charge is 0.462 e. The fourth-order valence-corrected chi connectivity index (χ4v) is 8.58. The largest absolute Gasteiger partial charge is 0.472 e. The van der Waals surface area contributed by atoms with Crippen LogP contribution in [-0.4, -0.2) is 98.3 Å². The summed E-state index contributed by atoms with van der Waals surface area (Å²) >= 11 is 0. The Labute approximate surface area is 387 Å². The van der Waals surface area contributed by atoms with Gasteiger partial charge in [-0.1, -0.05) is 166 Å². The van der Waals surface area contributed by atoms with Crippen LogP contribution in [0.5, 0.6) is 0 Å². The number of hydrogen-bond donors (Lipinski definition) is 6. The molecule has 6 atom stereocenters. The van der Waals surface area contributed by atoms with Gasteiger partial charge < -0.3 is 39.9 Å². The molecule has 6 N–H and O–H groups in total. The SMILES string of the molecule is CCCCC/C=C\C/C=C\CCCCCCCCCC(=O)OC(COC(=O)CCCCCCCCC/C=C\CCCCCCCCC)COP(=O)(O)OC1C(O)C(O)C(O)C(O)C1O. The number of rotatable bonds is 42. The van der Waals surface area contributed by atoms with Gasteiger partial charge in [0.25, 0.3) is 0 Å². The number of unbranched alkanes of at least 4 members (excludes halogenated alkanes) is 24. The van der Waals surface area contributed by atoms with E-state index < -0.39 is 75.7 Å². The van der Waals surface area contributed by atoms with Gasteiger partial charge in [0.05, 0.1) is 6.61 Å². The average molecular weight is 931 g/mol. The Morgan fingerprint density at radius 1 is 0.484 bits per heavy atom. The number of carbonyl (C=O) groups excluding carboxylic acids is 2. The minimum absolute atomic E-state index is 0.0874. The summed E-state index contributed by atoms with van der Waals surface area (Å²) < 4.78 is 33.6. The minimum atomic E-state index is -5.12. The Kier molecular flexibility index (Phi) is 37.7. The fourth-order valence-electron chi connectivity index (χ4n) is 7.61. The van der Waals surface area contributed by atoms with Gasteiger partial charge in [0.1, 0.15) is 43.2 Å². The van der Waals surface area contributed by atoms with E-state index in [9.17, 15) is 44.6 Å². The van der Waals surface area contributed by atoms with Crippen LogP contribution in [0.1, 0.15) is 213 Å². The third-order valence-electron chi connectivity index (χ3n) is 11.7. The Balaban J connectivity index is 2.42. The van der Waals surface area contributed by atoms with Crippen LogP contribution in [-0.2, 0) is 32.7 Å². The molecule has 1 saturated carbocycles. The molecular formula is C50H91O13P. The van der Waals surface area contributed by atoms with Crippen LogP contribution in [0.3, 0.4) is 0 Å². The Bertz CT molecular complexity index is 1260. The highest BCUT2D eigenvalue weighted by Crippen LogP contribution is 2.47. The Morgan fingerprint density at radius 2 is 0.844 bits per heavy atom. The predicted octanol–water partition coefficient (Wildman–Crippen LogP) is 10.6. The van der Waals surface area contributed by atoms with Crippen molar-refractivity contribution in [2.24, 2.45) is 0 Å². The number of ether oxygens (including phenoxy) is 2. The standard InChI is InChI=1S/C50H91O13P/c1-3-5-7-9-11-13-15-17-19-21-23-24-26-28-30-32-34-36-38-43(51)60-40-42(41-61-64(58,59)63-50-48(56)46(54)45(53)47(55)49(50)57)62-44(52)39-37-35-33-31-29-27-25-22-20-18-16-14-12-10-8-6-4-2/h12,14,18-21,42,45-50,53-57H,3-11,13,15-17,22-41H2,1-2H3,(H,58,59)/b14-12-,20-18-,21-19-. The fraction of sp³-hybridized carbons (Fsp3) is 0.840. The third kappa shape index (κ3) is 31.9. The van der Waals surface area contributed by atoms with Crippen molar-refractivity contribution in [1.29, 1.82) is 0 Å². The number of aliphatic hydroxyl groups excluding tert-OH is 5. The number of phosphoric acid groups is 1. The first-order valence-corrected chi connectivity index (χ1v) is 26.8. The van der Waals surface area contributed by atoms with E-state index in [1.165, 1.54) is 83.5 Å². The molecule has 1 fully saturated rings. The number of aliphatic hydroxyl groups is 5. The van der Waals surface area contributed by atoms with Crippen molar-refractivity contribution in [3.63, 3.8) is 0 Å². The number of phosphoric ester groups is 1. The summed E-state index contributed by atoms with van der Waals surface area (Å²) in [7, 11) is -5.12. The van der Waals surface area contributed by atoms with Crippen molar-refractivity contribution >= 4 is 19.8 Å². The quantitative estimate of drug-likeness (QED) is 0.0146. The summed E-state index contributed by atoms with van der Waals surface area (Å²) in [6.45, 7) is 3.28. The molecule has 0 aromatic carbocycles. The normalized spacial score (nSPS) is 21.8. The Hall–Kier alpha value is -1.93. The van der Waals surface area contributed by atoms with Crippen molar-refractivity contribution in [2.75, 3.05) is 13.2 Å². The first kappa shape index (κ1) is 60.1. The second-order valence-electron chi connectivity index (χ2n) is 17.7. The maximum absolute atomic E-state index is 12.8. The number of esters is 2. The van der Waals surface area contributed by atoms with Gasteiger partial charge >= 0.3 is 19.8 Å². The molecule has 14 heteroatoms. The van der Waals surface area contributed by atoms with Crippen LogP contribution >= 0.6 is 7.82 Å². The molecule has 0 heterocycles. The molecule has 0 aromatic heterocycles. The average Bonchev–Trinajstić information content (AvgIpc) is 3.28. The molecule has 374 valence electrons. The van der Waals surface area contributed by atoms with Gasteiger partial charge in [0, 0.05) is 12.8 Å². The summed E-state index contributed by atoms with van der Waals surface area (Å²) in [5, 5.41) is 50.2. The lowest BCUT2D eigenvalue weighted by atomic mass is 9.85. The van der Waals surface area contributed by atoms with Crippen LogP contribution in [0.2, 0.25) is 0 Å². The van der Waals surface area contributed by atoms with Gasteiger partial charge in [-0.25, -0.2) is 4.57 Å². The van der Waals surface area contributed by atoms with Crippen LogP contribution in [0.15, 0.2) is 36.5 Å². The predicted molar refractivity (Wildman–Crippen MR) is 253 cm³/mol. The van der Waals surface area contributed by atoms with Crippen molar-refractivity contribution in [2.45, 2.75) is 256 Å². The molecule has 1 rings (SSSR count). The highest BCUT2D eigenvalue weighted by atomic mass is 31.2. The van der Waals surface area contributed by atoms with E-state index in [-0.39, 0.29) is 12.8 Å². The molecule has 1 aliphatic carbocycles. The van der Waals surface area contributed by atoms with E-state index >= 15 is 0 Å². The van der Waals surface area contributed by atoms with Gasteiger partial charge in [-0.3, -0.25) is 18.6 Å². The first-order valence-electron chi connectivity index (χ1n) is 25.3. The molecule has 0 aromatic rings. The summed E-state index contributed by atoms with van der Waals surface area (Å²) in [4.78, 5) is 35.8. The Morgan fingerprint density at radius 3 is 1.31 bits per heavy atom. The van der Waals surface area contributed by atoms with Gasteiger partial charge in [-0.2, -0.15) is 0 Å². The number of hydrogen-bond acceptors (Lipinski definition) is 12. The lowest BCUT2D eigenvalue weighted by molar-refractivity contribution is -0.220. The highest BCUT2D eigenvalue weighted by molar-refractivity contribution is 7.47.